The van der Waals surface area contributed by atoms with Crippen molar-refractivity contribution in [1.29, 1.82) is 0 Å². The van der Waals surface area contributed by atoms with E-state index in [1.807, 2.05) is 42.9 Å². The van der Waals surface area contributed by atoms with Gasteiger partial charge in [-0.05, 0) is 48.6 Å². The minimum Gasteiger partial charge on any atom is -0.481 e. The zero-order valence-electron chi connectivity index (χ0n) is 23.1. The Kier molecular flexibility index (Phi) is 8.34. The van der Waals surface area contributed by atoms with Gasteiger partial charge in [0.15, 0.2) is 0 Å². The molecule has 0 bridgehead atoms. The number of hydrogen-bond acceptors (Lipinski definition) is 5. The fraction of sp³-hybridized carbons (Fsp3) is 0.344. The van der Waals surface area contributed by atoms with E-state index in [1.165, 1.54) is 6.42 Å². The summed E-state index contributed by atoms with van der Waals surface area (Å²) in [6.07, 6.45) is 7.01. The molecule has 1 aliphatic rings. The Morgan fingerprint density at radius 1 is 1.02 bits per heavy atom. The van der Waals surface area contributed by atoms with Crippen molar-refractivity contribution in [2.24, 2.45) is 5.92 Å². The maximum Gasteiger partial charge on any atom is 0.305 e. The lowest BCUT2D eigenvalue weighted by Gasteiger charge is -2.30. The van der Waals surface area contributed by atoms with Crippen LogP contribution >= 0.6 is 0 Å². The lowest BCUT2D eigenvalue weighted by Crippen LogP contribution is -2.42. The molecule has 1 fully saturated rings. The number of nitrogens with zero attached hydrogens (tertiary/aromatic N) is 3. The van der Waals surface area contributed by atoms with Crippen LogP contribution in [0.5, 0.6) is 0 Å². The highest BCUT2D eigenvalue weighted by Crippen LogP contribution is 2.31. The molecule has 4 aromatic rings. The number of benzene rings is 2. The standard InChI is InChI=1S/C32H37N5O3/c1-36(2)26-15-13-24(14-16-26)30-31(33-21-22-9-5-3-6-10-22)37-18-17-25(19-28(37)35-30)32(40)34-27(20-29(38)39)23-11-7-4-8-12-23/h3,5-6,9-10,13-19,23,27,33H,4,7-8,11-12,20-21H2,1-2H3,(H,34,40)(H,38,39). The fourth-order valence-electron chi connectivity index (χ4n) is 5.57. The van der Waals surface area contributed by atoms with E-state index in [-0.39, 0.29) is 24.3 Å². The largest absolute Gasteiger partial charge is 0.481 e. The highest BCUT2D eigenvalue weighted by atomic mass is 16.4. The van der Waals surface area contributed by atoms with Gasteiger partial charge >= 0.3 is 5.97 Å². The fourth-order valence-corrected chi connectivity index (χ4v) is 5.57. The second-order valence-electron chi connectivity index (χ2n) is 10.8. The second kappa shape index (κ2) is 12.2. The number of fused-ring (bicyclic) bond motifs is 1. The van der Waals surface area contributed by atoms with Gasteiger partial charge in [-0.1, -0.05) is 61.7 Å². The number of pyridine rings is 1. The zero-order valence-corrected chi connectivity index (χ0v) is 23.1. The Morgan fingerprint density at radius 2 is 1.75 bits per heavy atom. The predicted octanol–water partition coefficient (Wildman–Crippen LogP) is 5.83. The van der Waals surface area contributed by atoms with E-state index in [0.717, 1.165) is 54.0 Å². The van der Waals surface area contributed by atoms with Crippen molar-refractivity contribution in [3.05, 3.63) is 84.1 Å². The molecule has 0 aliphatic heterocycles. The first kappa shape index (κ1) is 27.2. The Bertz CT molecular complexity index is 1460. The molecule has 1 aliphatic carbocycles. The van der Waals surface area contributed by atoms with E-state index in [0.29, 0.717) is 17.8 Å². The summed E-state index contributed by atoms with van der Waals surface area (Å²) < 4.78 is 1.96. The first-order chi connectivity index (χ1) is 19.4. The van der Waals surface area contributed by atoms with Gasteiger partial charge in [-0.15, -0.1) is 0 Å². The van der Waals surface area contributed by atoms with Crippen LogP contribution < -0.4 is 15.5 Å². The number of rotatable bonds is 10. The van der Waals surface area contributed by atoms with Crippen LogP contribution in [0.2, 0.25) is 0 Å². The Morgan fingerprint density at radius 3 is 2.42 bits per heavy atom. The van der Waals surface area contributed by atoms with Crippen molar-refractivity contribution in [3.63, 3.8) is 0 Å². The third-order valence-electron chi connectivity index (χ3n) is 7.78. The van der Waals surface area contributed by atoms with Gasteiger partial charge in [0.1, 0.15) is 17.2 Å². The smallest absolute Gasteiger partial charge is 0.305 e. The molecule has 40 heavy (non-hydrogen) atoms. The molecule has 208 valence electrons. The van der Waals surface area contributed by atoms with Gasteiger partial charge in [0.25, 0.3) is 5.91 Å². The highest BCUT2D eigenvalue weighted by Gasteiger charge is 2.28. The molecule has 2 aromatic carbocycles. The monoisotopic (exact) mass is 539 g/mol. The molecule has 1 amide bonds. The van der Waals surface area contributed by atoms with Crippen molar-refractivity contribution in [3.8, 4) is 11.3 Å². The van der Waals surface area contributed by atoms with Crippen molar-refractivity contribution < 1.29 is 14.7 Å². The molecule has 2 heterocycles. The lowest BCUT2D eigenvalue weighted by molar-refractivity contribution is -0.137. The number of aliphatic carboxylic acids is 1. The number of anilines is 2. The third-order valence-corrected chi connectivity index (χ3v) is 7.78. The number of amides is 1. The van der Waals surface area contributed by atoms with Crippen LogP contribution in [0.25, 0.3) is 16.9 Å². The molecule has 5 rings (SSSR count). The zero-order chi connectivity index (χ0) is 28.1. The second-order valence-corrected chi connectivity index (χ2v) is 10.8. The van der Waals surface area contributed by atoms with Gasteiger partial charge in [0.2, 0.25) is 0 Å². The van der Waals surface area contributed by atoms with E-state index in [4.69, 9.17) is 4.98 Å². The first-order valence-electron chi connectivity index (χ1n) is 14.0. The van der Waals surface area contributed by atoms with Gasteiger partial charge in [-0.3, -0.25) is 14.0 Å². The topological polar surface area (TPSA) is 99.0 Å². The van der Waals surface area contributed by atoms with Gasteiger partial charge in [-0.2, -0.15) is 0 Å². The average Bonchev–Trinajstić information content (AvgIpc) is 3.34. The summed E-state index contributed by atoms with van der Waals surface area (Å²) in [7, 11) is 4.02. The molecule has 1 atom stereocenters. The van der Waals surface area contributed by atoms with Crippen LogP contribution in [-0.2, 0) is 11.3 Å². The van der Waals surface area contributed by atoms with Crippen molar-refractivity contribution in [2.75, 3.05) is 24.3 Å². The summed E-state index contributed by atoms with van der Waals surface area (Å²) in [5.74, 6) is -0.125. The average molecular weight is 540 g/mol. The van der Waals surface area contributed by atoms with Gasteiger partial charge in [0.05, 0.1) is 6.42 Å². The molecule has 0 spiro atoms. The number of carboxylic acid groups (broad SMARTS) is 1. The molecule has 0 saturated heterocycles. The quantitative estimate of drug-likeness (QED) is 0.234. The summed E-state index contributed by atoms with van der Waals surface area (Å²) in [6, 6.07) is 21.6. The number of carbonyl (C=O) groups is 2. The molecular weight excluding hydrogens is 502 g/mol. The Hall–Kier alpha value is -4.33. The summed E-state index contributed by atoms with van der Waals surface area (Å²) in [5, 5.41) is 16.1. The predicted molar refractivity (Wildman–Crippen MR) is 159 cm³/mol. The van der Waals surface area contributed by atoms with E-state index in [2.05, 4.69) is 51.9 Å². The van der Waals surface area contributed by atoms with E-state index >= 15 is 0 Å². The molecule has 8 nitrogen and oxygen atoms in total. The van der Waals surface area contributed by atoms with Crippen molar-refractivity contribution >= 4 is 29.0 Å². The van der Waals surface area contributed by atoms with Gasteiger partial charge in [-0.25, -0.2) is 4.98 Å². The summed E-state index contributed by atoms with van der Waals surface area (Å²) >= 11 is 0. The highest BCUT2D eigenvalue weighted by molar-refractivity contribution is 5.96. The summed E-state index contributed by atoms with van der Waals surface area (Å²) in [5.41, 5.74) is 5.11. The van der Waals surface area contributed by atoms with Crippen LogP contribution in [0.4, 0.5) is 11.5 Å². The van der Waals surface area contributed by atoms with Crippen LogP contribution in [-0.4, -0.2) is 46.5 Å². The molecule has 1 unspecified atom stereocenters. The molecule has 3 N–H and O–H groups in total. The van der Waals surface area contributed by atoms with E-state index < -0.39 is 5.97 Å². The van der Waals surface area contributed by atoms with Crippen LogP contribution in [0.15, 0.2) is 72.9 Å². The normalized spacial score (nSPS) is 14.6. The number of carboxylic acids is 1. The van der Waals surface area contributed by atoms with Crippen LogP contribution in [0.1, 0.15) is 54.4 Å². The minimum absolute atomic E-state index is 0.0668. The van der Waals surface area contributed by atoms with E-state index in [9.17, 15) is 14.7 Å². The number of nitrogens with one attached hydrogen (secondary N) is 2. The minimum atomic E-state index is -0.890. The van der Waals surface area contributed by atoms with Crippen LogP contribution in [0, 0.1) is 5.92 Å². The van der Waals surface area contributed by atoms with Crippen LogP contribution in [0.3, 0.4) is 0 Å². The molecular formula is C32H37N5O3. The maximum atomic E-state index is 13.3. The SMILES string of the molecule is CN(C)c1ccc(-c2nc3cc(C(=O)NC(CC(=O)O)C4CCCCC4)ccn3c2NCc2ccccc2)cc1. The van der Waals surface area contributed by atoms with Gasteiger partial charge in [0, 0.05) is 49.7 Å². The number of hydrogen-bond donors (Lipinski definition) is 3. The summed E-state index contributed by atoms with van der Waals surface area (Å²) in [6.45, 7) is 0.623. The summed E-state index contributed by atoms with van der Waals surface area (Å²) in [4.78, 5) is 31.9. The number of carbonyl (C=O) groups excluding carboxylic acids is 1. The Labute approximate surface area is 235 Å². The first-order valence-corrected chi connectivity index (χ1v) is 14.0. The molecule has 8 heteroatoms. The maximum absolute atomic E-state index is 13.3. The third kappa shape index (κ3) is 6.28. The number of aromatic nitrogens is 2. The van der Waals surface area contributed by atoms with Crippen molar-refractivity contribution in [2.45, 2.75) is 51.1 Å². The lowest BCUT2D eigenvalue weighted by atomic mass is 9.82. The molecule has 2 aromatic heterocycles. The molecule has 1 saturated carbocycles. The van der Waals surface area contributed by atoms with Gasteiger partial charge < -0.3 is 20.6 Å². The number of imidazole rings is 1. The van der Waals surface area contributed by atoms with Crippen molar-refractivity contribution in [1.82, 2.24) is 14.7 Å². The Balaban J connectivity index is 1.46. The van der Waals surface area contributed by atoms with E-state index in [1.54, 1.807) is 12.1 Å². The molecule has 0 radical (unpaired) electrons.